The van der Waals surface area contributed by atoms with Crippen LogP contribution in [0, 0.1) is 0 Å². The summed E-state index contributed by atoms with van der Waals surface area (Å²) in [4.78, 5) is 11.9. The van der Waals surface area contributed by atoms with Gasteiger partial charge in [-0.3, -0.25) is 9.48 Å². The number of aromatic nitrogens is 2. The Bertz CT molecular complexity index is 352. The fourth-order valence-electron chi connectivity index (χ4n) is 1.40. The molecule has 0 aliphatic rings. The lowest BCUT2D eigenvalue weighted by Crippen LogP contribution is -2.13. The summed E-state index contributed by atoms with van der Waals surface area (Å²) >= 11 is 7.62. The third-order valence-electron chi connectivity index (χ3n) is 2.08. The van der Waals surface area contributed by atoms with Crippen LogP contribution in [0.1, 0.15) is 37.2 Å². The summed E-state index contributed by atoms with van der Waals surface area (Å²) in [5.74, 6) is 1.57. The molecule has 0 spiro atoms. The molecule has 90 valence electrons. The highest BCUT2D eigenvalue weighted by atomic mass is 35.5. The maximum Gasteiger partial charge on any atom is 0.192 e. The van der Waals surface area contributed by atoms with Crippen molar-refractivity contribution in [2.24, 2.45) is 0 Å². The number of halogens is 1. The number of nitrogens with zero attached hydrogens (tertiary/aromatic N) is 2. The summed E-state index contributed by atoms with van der Waals surface area (Å²) in [7, 11) is 0. The Morgan fingerprint density at radius 2 is 2.25 bits per heavy atom. The summed E-state index contributed by atoms with van der Waals surface area (Å²) in [6.45, 7) is 4.90. The van der Waals surface area contributed by atoms with E-state index in [-0.39, 0.29) is 5.78 Å². The summed E-state index contributed by atoms with van der Waals surface area (Å²) in [5, 5.41) is 4.58. The average molecular weight is 261 g/mol. The van der Waals surface area contributed by atoms with Crippen LogP contribution in [0.3, 0.4) is 0 Å². The van der Waals surface area contributed by atoms with Gasteiger partial charge < -0.3 is 0 Å². The Morgan fingerprint density at radius 3 is 2.88 bits per heavy atom. The minimum atomic E-state index is 0.0781. The molecule has 0 bridgehead atoms. The van der Waals surface area contributed by atoms with Crippen molar-refractivity contribution >= 4 is 29.1 Å². The average Bonchev–Trinajstić information content (AvgIpc) is 2.61. The normalized spacial score (nSPS) is 10.7. The van der Waals surface area contributed by atoms with Gasteiger partial charge in [0.15, 0.2) is 5.78 Å². The van der Waals surface area contributed by atoms with Crippen molar-refractivity contribution in [3.05, 3.63) is 16.9 Å². The predicted octanol–water partition coefficient (Wildman–Crippen LogP) is 3.27. The van der Waals surface area contributed by atoms with Crippen LogP contribution in [-0.4, -0.2) is 27.1 Å². The van der Waals surface area contributed by atoms with E-state index in [0.717, 1.165) is 25.1 Å². The first-order valence-electron chi connectivity index (χ1n) is 5.52. The number of carbonyl (C=O) groups is 1. The molecule has 1 aromatic rings. The van der Waals surface area contributed by atoms with Crippen LogP contribution in [0.15, 0.2) is 6.20 Å². The zero-order valence-corrected chi connectivity index (χ0v) is 11.3. The molecule has 1 rings (SSSR count). The van der Waals surface area contributed by atoms with E-state index < -0.39 is 0 Å². The van der Waals surface area contributed by atoms with E-state index in [0.29, 0.717) is 16.5 Å². The van der Waals surface area contributed by atoms with Crippen molar-refractivity contribution in [1.29, 1.82) is 0 Å². The Hall–Kier alpha value is -0.480. The maximum absolute atomic E-state index is 11.9. The molecule has 0 amide bonds. The Balaban J connectivity index is 2.69. The first-order valence-corrected chi connectivity index (χ1v) is 7.06. The topological polar surface area (TPSA) is 34.9 Å². The second-order valence-corrected chi connectivity index (χ2v) is 5.05. The van der Waals surface area contributed by atoms with Gasteiger partial charge in [-0.1, -0.05) is 25.4 Å². The molecule has 5 heteroatoms. The second-order valence-electron chi connectivity index (χ2n) is 3.54. The van der Waals surface area contributed by atoms with Gasteiger partial charge in [0.05, 0.1) is 17.0 Å². The zero-order valence-electron chi connectivity index (χ0n) is 9.70. The van der Waals surface area contributed by atoms with Crippen molar-refractivity contribution in [3.63, 3.8) is 0 Å². The highest BCUT2D eigenvalue weighted by Gasteiger charge is 2.16. The Labute approximate surface area is 106 Å². The van der Waals surface area contributed by atoms with Crippen molar-refractivity contribution < 1.29 is 4.79 Å². The number of rotatable bonds is 7. The first kappa shape index (κ1) is 13.6. The van der Waals surface area contributed by atoms with Crippen molar-refractivity contribution in [1.82, 2.24) is 9.78 Å². The number of carbonyl (C=O) groups excluding carboxylic acids is 1. The van der Waals surface area contributed by atoms with Gasteiger partial charge in [-0.2, -0.15) is 16.9 Å². The van der Waals surface area contributed by atoms with Gasteiger partial charge in [0.25, 0.3) is 0 Å². The third-order valence-corrected chi connectivity index (χ3v) is 3.52. The van der Waals surface area contributed by atoms with Gasteiger partial charge >= 0.3 is 0 Å². The highest BCUT2D eigenvalue weighted by Crippen LogP contribution is 2.18. The van der Waals surface area contributed by atoms with Crippen LogP contribution < -0.4 is 0 Å². The highest BCUT2D eigenvalue weighted by molar-refractivity contribution is 7.99. The van der Waals surface area contributed by atoms with E-state index >= 15 is 0 Å². The summed E-state index contributed by atoms with van der Waals surface area (Å²) in [6, 6.07) is 0. The number of Topliss-reactive ketones (excluding diaryl/α,β-unsaturated/α-hetero) is 1. The fraction of sp³-hybridized carbons (Fsp3) is 0.636. The van der Waals surface area contributed by atoms with E-state index in [2.05, 4.69) is 18.9 Å². The zero-order chi connectivity index (χ0) is 12.0. The van der Waals surface area contributed by atoms with Gasteiger partial charge in [-0.05, 0) is 18.6 Å². The van der Waals surface area contributed by atoms with Gasteiger partial charge in [0.1, 0.15) is 5.69 Å². The van der Waals surface area contributed by atoms with Gasteiger partial charge in [-0.25, -0.2) is 0 Å². The molecule has 0 radical (unpaired) electrons. The molecular weight excluding hydrogens is 244 g/mol. The van der Waals surface area contributed by atoms with E-state index in [4.69, 9.17) is 11.6 Å². The minimum Gasteiger partial charge on any atom is -0.291 e. The van der Waals surface area contributed by atoms with E-state index in [9.17, 15) is 4.79 Å². The Kier molecular flexibility index (Phi) is 5.91. The van der Waals surface area contributed by atoms with Crippen LogP contribution in [0.25, 0.3) is 0 Å². The molecule has 1 heterocycles. The van der Waals surface area contributed by atoms with Crippen molar-refractivity contribution in [3.8, 4) is 0 Å². The van der Waals surface area contributed by atoms with Gasteiger partial charge in [-0.15, -0.1) is 0 Å². The van der Waals surface area contributed by atoms with Gasteiger partial charge in [0, 0.05) is 6.54 Å². The van der Waals surface area contributed by atoms with Crippen molar-refractivity contribution in [2.75, 3.05) is 11.5 Å². The molecule has 1 aromatic heterocycles. The number of hydrogen-bond donors (Lipinski definition) is 0. The fourth-order valence-corrected chi connectivity index (χ4v) is 2.40. The molecule has 0 unspecified atom stereocenters. The number of aryl methyl sites for hydroxylation is 1. The lowest BCUT2D eigenvalue weighted by atomic mass is 10.3. The SMILES string of the molecule is CCCSCC(=O)c1c(Cl)cnn1CCC. The predicted molar refractivity (Wildman–Crippen MR) is 69.5 cm³/mol. The molecule has 16 heavy (non-hydrogen) atoms. The third kappa shape index (κ3) is 3.52. The molecule has 0 atom stereocenters. The summed E-state index contributed by atoms with van der Waals surface area (Å²) < 4.78 is 1.71. The molecule has 0 saturated heterocycles. The lowest BCUT2D eigenvalue weighted by Gasteiger charge is -2.05. The number of ketones is 1. The smallest absolute Gasteiger partial charge is 0.192 e. The monoisotopic (exact) mass is 260 g/mol. The van der Waals surface area contributed by atoms with Crippen LogP contribution in [-0.2, 0) is 6.54 Å². The molecule has 0 aromatic carbocycles. The van der Waals surface area contributed by atoms with Crippen LogP contribution >= 0.6 is 23.4 Å². The van der Waals surface area contributed by atoms with Crippen LogP contribution in [0.5, 0.6) is 0 Å². The molecule has 0 fully saturated rings. The molecule has 0 N–H and O–H groups in total. The Morgan fingerprint density at radius 1 is 1.50 bits per heavy atom. The molecule has 0 aliphatic heterocycles. The first-order chi connectivity index (χ1) is 7.70. The summed E-state index contributed by atoms with van der Waals surface area (Å²) in [6.07, 6.45) is 3.58. The second kappa shape index (κ2) is 6.97. The van der Waals surface area contributed by atoms with E-state index in [1.807, 2.05) is 0 Å². The number of hydrogen-bond acceptors (Lipinski definition) is 3. The summed E-state index contributed by atoms with van der Waals surface area (Å²) in [5.41, 5.74) is 0.562. The van der Waals surface area contributed by atoms with Gasteiger partial charge in [0.2, 0.25) is 0 Å². The van der Waals surface area contributed by atoms with E-state index in [1.54, 1.807) is 22.6 Å². The minimum absolute atomic E-state index is 0.0781. The quantitative estimate of drug-likeness (QED) is 0.558. The molecular formula is C11H17ClN2OS. The van der Waals surface area contributed by atoms with E-state index in [1.165, 1.54) is 0 Å². The molecule has 0 aliphatic carbocycles. The standard InChI is InChI=1S/C11H17ClN2OS/c1-3-5-14-11(9(12)7-13-14)10(15)8-16-6-4-2/h7H,3-6,8H2,1-2H3. The lowest BCUT2D eigenvalue weighted by molar-refractivity contribution is 0.101. The van der Waals surface area contributed by atoms with Crippen molar-refractivity contribution in [2.45, 2.75) is 33.2 Å². The number of thioether (sulfide) groups is 1. The maximum atomic E-state index is 11.9. The molecule has 3 nitrogen and oxygen atoms in total. The van der Waals surface area contributed by atoms with Crippen LogP contribution in [0.2, 0.25) is 5.02 Å². The molecule has 0 saturated carbocycles. The largest absolute Gasteiger partial charge is 0.291 e. The van der Waals surface area contributed by atoms with Crippen LogP contribution in [0.4, 0.5) is 0 Å².